The summed E-state index contributed by atoms with van der Waals surface area (Å²) < 4.78 is 24.1. The summed E-state index contributed by atoms with van der Waals surface area (Å²) in [6.07, 6.45) is 36.1. The zero-order chi connectivity index (χ0) is 40.6. The van der Waals surface area contributed by atoms with Gasteiger partial charge >= 0.3 is 11.9 Å². The molecular formula is C48H95NO6. The van der Waals surface area contributed by atoms with Gasteiger partial charge in [0, 0.05) is 26.2 Å². The van der Waals surface area contributed by atoms with Gasteiger partial charge in [0.2, 0.25) is 0 Å². The standard InChI is InChI=1S/C48H95NO6/c1-8-12-14-16-18-20-22-24-25-27-29-31-33-38-52-41-45(53-39-34-32-30-28-26-23-21-19-17-15-13-9-2)42-54-48(51)40-44(11-4)46(35-10-3)43(5)55-47(50)36-37-49(6)7/h43-46H,8-42H2,1-7H3. The smallest absolute Gasteiger partial charge is 0.307 e. The highest BCUT2D eigenvalue weighted by atomic mass is 16.6. The maximum absolute atomic E-state index is 13.2. The van der Waals surface area contributed by atoms with Crippen LogP contribution in [0.25, 0.3) is 0 Å². The van der Waals surface area contributed by atoms with Crippen LogP contribution >= 0.6 is 0 Å². The minimum absolute atomic E-state index is 0.0938. The first-order chi connectivity index (χ1) is 26.8. The van der Waals surface area contributed by atoms with E-state index in [-0.39, 0.29) is 42.6 Å². The summed E-state index contributed by atoms with van der Waals surface area (Å²) in [5.41, 5.74) is 0. The summed E-state index contributed by atoms with van der Waals surface area (Å²) in [5.74, 6) is -0.162. The molecular weight excluding hydrogens is 687 g/mol. The molecule has 7 nitrogen and oxygen atoms in total. The van der Waals surface area contributed by atoms with Crippen molar-refractivity contribution in [2.75, 3.05) is 47.1 Å². The largest absolute Gasteiger partial charge is 0.463 e. The van der Waals surface area contributed by atoms with Crippen LogP contribution in [0.4, 0.5) is 0 Å². The summed E-state index contributed by atoms with van der Waals surface area (Å²) >= 11 is 0. The third kappa shape index (κ3) is 35.7. The van der Waals surface area contributed by atoms with E-state index in [1.165, 1.54) is 148 Å². The van der Waals surface area contributed by atoms with Crippen LogP contribution in [0, 0.1) is 11.8 Å². The summed E-state index contributed by atoms with van der Waals surface area (Å²) in [6.45, 7) is 13.6. The Bertz CT molecular complexity index is 822. The van der Waals surface area contributed by atoms with Crippen LogP contribution in [0.3, 0.4) is 0 Å². The zero-order valence-corrected chi connectivity index (χ0v) is 38.0. The van der Waals surface area contributed by atoms with E-state index in [4.69, 9.17) is 18.9 Å². The Morgan fingerprint density at radius 2 is 1.00 bits per heavy atom. The summed E-state index contributed by atoms with van der Waals surface area (Å²) in [7, 11) is 3.91. The summed E-state index contributed by atoms with van der Waals surface area (Å²) in [4.78, 5) is 27.7. The molecule has 0 amide bonds. The molecule has 0 fully saturated rings. The lowest BCUT2D eigenvalue weighted by atomic mass is 9.81. The molecule has 0 aromatic heterocycles. The predicted octanol–water partition coefficient (Wildman–Crippen LogP) is 13.4. The van der Waals surface area contributed by atoms with E-state index in [1.807, 2.05) is 25.9 Å². The lowest BCUT2D eigenvalue weighted by molar-refractivity contribution is -0.155. The van der Waals surface area contributed by atoms with Crippen LogP contribution in [0.1, 0.15) is 227 Å². The van der Waals surface area contributed by atoms with Crippen molar-refractivity contribution in [1.82, 2.24) is 4.90 Å². The van der Waals surface area contributed by atoms with Crippen molar-refractivity contribution in [3.63, 3.8) is 0 Å². The molecule has 0 saturated heterocycles. The molecule has 0 bridgehead atoms. The fraction of sp³-hybridized carbons (Fsp3) is 0.958. The molecule has 0 N–H and O–H groups in total. The van der Waals surface area contributed by atoms with Gasteiger partial charge in [-0.3, -0.25) is 9.59 Å². The van der Waals surface area contributed by atoms with Crippen LogP contribution in [0.2, 0.25) is 0 Å². The number of hydrogen-bond donors (Lipinski definition) is 0. The van der Waals surface area contributed by atoms with E-state index in [9.17, 15) is 9.59 Å². The van der Waals surface area contributed by atoms with Gasteiger partial charge in [0.25, 0.3) is 0 Å². The van der Waals surface area contributed by atoms with Gasteiger partial charge in [-0.05, 0) is 52.1 Å². The third-order valence-corrected chi connectivity index (χ3v) is 11.3. The Morgan fingerprint density at radius 3 is 1.44 bits per heavy atom. The lowest BCUT2D eigenvalue weighted by Gasteiger charge is -2.31. The van der Waals surface area contributed by atoms with Gasteiger partial charge < -0.3 is 23.8 Å². The summed E-state index contributed by atoms with van der Waals surface area (Å²) in [5, 5.41) is 0. The molecule has 0 aliphatic heterocycles. The van der Waals surface area contributed by atoms with Gasteiger partial charge in [-0.1, -0.05) is 188 Å². The predicted molar refractivity (Wildman–Crippen MR) is 234 cm³/mol. The van der Waals surface area contributed by atoms with Crippen LogP contribution in [-0.2, 0) is 28.5 Å². The second-order valence-corrected chi connectivity index (χ2v) is 17.0. The van der Waals surface area contributed by atoms with Crippen molar-refractivity contribution in [2.45, 2.75) is 239 Å². The van der Waals surface area contributed by atoms with Gasteiger partial charge in [0.05, 0.1) is 13.0 Å². The number of unbranched alkanes of at least 4 members (excludes halogenated alkanes) is 23. The molecule has 55 heavy (non-hydrogen) atoms. The van der Waals surface area contributed by atoms with Crippen LogP contribution in [0.15, 0.2) is 0 Å². The average Bonchev–Trinajstić information content (AvgIpc) is 3.17. The van der Waals surface area contributed by atoms with E-state index in [2.05, 4.69) is 27.7 Å². The third-order valence-electron chi connectivity index (χ3n) is 11.3. The highest BCUT2D eigenvalue weighted by Crippen LogP contribution is 2.30. The molecule has 0 rings (SSSR count). The van der Waals surface area contributed by atoms with Crippen molar-refractivity contribution in [3.8, 4) is 0 Å². The Hall–Kier alpha value is -1.18. The van der Waals surface area contributed by atoms with Gasteiger partial charge in [-0.25, -0.2) is 0 Å². The maximum Gasteiger partial charge on any atom is 0.307 e. The first kappa shape index (κ1) is 53.8. The van der Waals surface area contributed by atoms with Crippen LogP contribution in [-0.4, -0.2) is 76.1 Å². The zero-order valence-electron chi connectivity index (χ0n) is 38.0. The minimum Gasteiger partial charge on any atom is -0.463 e. The number of carbonyl (C=O) groups is 2. The molecule has 0 saturated carbocycles. The molecule has 0 aliphatic rings. The highest BCUT2D eigenvalue weighted by Gasteiger charge is 2.30. The number of hydrogen-bond acceptors (Lipinski definition) is 7. The number of nitrogens with zero attached hydrogens (tertiary/aromatic N) is 1. The van der Waals surface area contributed by atoms with Crippen LogP contribution in [0.5, 0.6) is 0 Å². The van der Waals surface area contributed by atoms with Gasteiger partial charge in [-0.2, -0.15) is 0 Å². The molecule has 0 aromatic carbocycles. The Kier molecular flexibility index (Phi) is 40.1. The fourth-order valence-electron chi connectivity index (χ4n) is 7.69. The van der Waals surface area contributed by atoms with E-state index in [1.54, 1.807) is 0 Å². The molecule has 4 unspecified atom stereocenters. The van der Waals surface area contributed by atoms with Gasteiger partial charge in [0.15, 0.2) is 0 Å². The SMILES string of the molecule is CCCCCCCCCCCCCCCOCC(COC(=O)CC(CC)C(CCC)C(C)OC(=O)CCN(C)C)OCCCCCCCCCCCCCC. The van der Waals surface area contributed by atoms with Crippen LogP contribution < -0.4 is 0 Å². The number of esters is 2. The van der Waals surface area contributed by atoms with E-state index >= 15 is 0 Å². The number of carbonyl (C=O) groups excluding carboxylic acids is 2. The first-order valence-electron chi connectivity index (χ1n) is 24.0. The molecule has 0 spiro atoms. The molecule has 7 heteroatoms. The Labute approximate surface area is 342 Å². The van der Waals surface area contributed by atoms with Gasteiger partial charge in [0.1, 0.15) is 18.8 Å². The van der Waals surface area contributed by atoms with Crippen molar-refractivity contribution in [2.24, 2.45) is 11.8 Å². The normalized spacial score (nSPS) is 13.9. The van der Waals surface area contributed by atoms with E-state index in [0.29, 0.717) is 32.6 Å². The molecule has 0 aliphatic carbocycles. The maximum atomic E-state index is 13.2. The van der Waals surface area contributed by atoms with Crippen molar-refractivity contribution >= 4 is 11.9 Å². The molecule has 0 radical (unpaired) electrons. The fourth-order valence-corrected chi connectivity index (χ4v) is 7.69. The molecule has 0 heterocycles. The number of ether oxygens (including phenoxy) is 4. The monoisotopic (exact) mass is 782 g/mol. The van der Waals surface area contributed by atoms with Crippen molar-refractivity contribution in [1.29, 1.82) is 0 Å². The molecule has 0 aromatic rings. The van der Waals surface area contributed by atoms with Crippen molar-refractivity contribution in [3.05, 3.63) is 0 Å². The summed E-state index contributed by atoms with van der Waals surface area (Å²) in [6, 6.07) is 0. The Balaban J connectivity index is 4.69. The topological polar surface area (TPSA) is 74.3 Å². The average molecular weight is 782 g/mol. The molecule has 4 atom stereocenters. The first-order valence-corrected chi connectivity index (χ1v) is 24.0. The van der Waals surface area contributed by atoms with E-state index < -0.39 is 0 Å². The Morgan fingerprint density at radius 1 is 0.545 bits per heavy atom. The minimum atomic E-state index is -0.248. The van der Waals surface area contributed by atoms with Crippen molar-refractivity contribution < 1.29 is 28.5 Å². The second-order valence-electron chi connectivity index (χ2n) is 17.0. The highest BCUT2D eigenvalue weighted by molar-refractivity contribution is 5.70. The van der Waals surface area contributed by atoms with E-state index in [0.717, 1.165) is 38.7 Å². The second kappa shape index (κ2) is 41.0. The van der Waals surface area contributed by atoms with Gasteiger partial charge in [-0.15, -0.1) is 0 Å². The quantitative estimate of drug-likeness (QED) is 0.0450. The molecule has 328 valence electrons. The lowest BCUT2D eigenvalue weighted by Crippen LogP contribution is -2.33. The number of rotatable bonds is 43.